The van der Waals surface area contributed by atoms with Crippen LogP contribution in [0.3, 0.4) is 0 Å². The number of hydrogen-bond donors (Lipinski definition) is 3. The maximum atomic E-state index is 12.9. The zero-order valence-electron chi connectivity index (χ0n) is 13.9. The zero-order valence-corrected chi connectivity index (χ0v) is 13.9. The third kappa shape index (κ3) is 3.10. The van der Waals surface area contributed by atoms with E-state index in [1.54, 1.807) is 42.5 Å². The van der Waals surface area contributed by atoms with Gasteiger partial charge in [-0.1, -0.05) is 36.4 Å². The molecular weight excluding hydrogens is 336 g/mol. The summed E-state index contributed by atoms with van der Waals surface area (Å²) in [6.45, 7) is -0.440. The number of aliphatic hydroxyl groups is 2. The first-order valence-corrected chi connectivity index (χ1v) is 8.17. The molecule has 2 aromatic rings. The van der Waals surface area contributed by atoms with Crippen molar-refractivity contribution in [3.05, 3.63) is 64.7 Å². The van der Waals surface area contributed by atoms with Gasteiger partial charge in [-0.3, -0.25) is 9.59 Å². The lowest BCUT2D eigenvalue weighted by molar-refractivity contribution is 0.0979. The van der Waals surface area contributed by atoms with Crippen molar-refractivity contribution in [3.63, 3.8) is 0 Å². The van der Waals surface area contributed by atoms with Crippen LogP contribution in [-0.4, -0.2) is 59.0 Å². The molecule has 0 atom stereocenters. The summed E-state index contributed by atoms with van der Waals surface area (Å²) in [5, 5.41) is 20.7. The maximum Gasteiger partial charge on any atom is 0.322 e. The van der Waals surface area contributed by atoms with Crippen LogP contribution in [-0.2, 0) is 0 Å². The predicted octanol–water partition coefficient (Wildman–Crippen LogP) is 1.28. The Labute approximate surface area is 149 Å². The minimum Gasteiger partial charge on any atom is -0.395 e. The Balaban J connectivity index is 1.98. The first-order valence-electron chi connectivity index (χ1n) is 8.17. The highest BCUT2D eigenvalue weighted by atomic mass is 16.3. The molecule has 0 aromatic heterocycles. The number of urea groups is 1. The van der Waals surface area contributed by atoms with Crippen molar-refractivity contribution < 1.29 is 24.6 Å². The molecule has 7 nitrogen and oxygen atoms in total. The summed E-state index contributed by atoms with van der Waals surface area (Å²) in [7, 11) is 0. The van der Waals surface area contributed by atoms with Crippen molar-refractivity contribution in [2.45, 2.75) is 0 Å². The third-order valence-electron chi connectivity index (χ3n) is 4.22. The van der Waals surface area contributed by atoms with Gasteiger partial charge in [0.15, 0.2) is 11.6 Å². The first-order chi connectivity index (χ1) is 12.6. The smallest absolute Gasteiger partial charge is 0.322 e. The van der Waals surface area contributed by atoms with Crippen LogP contribution in [0.1, 0.15) is 31.8 Å². The molecule has 1 aliphatic carbocycles. The molecule has 3 rings (SSSR count). The number of nitrogens with one attached hydrogen (secondary N) is 1. The molecule has 3 N–H and O–H groups in total. The molecular formula is C19H18N2O5. The number of amides is 2. The first kappa shape index (κ1) is 17.8. The van der Waals surface area contributed by atoms with E-state index in [1.807, 2.05) is 0 Å². The fourth-order valence-electron chi connectivity index (χ4n) is 3.00. The summed E-state index contributed by atoms with van der Waals surface area (Å²) < 4.78 is 0. The quantitative estimate of drug-likeness (QED) is 0.640. The van der Waals surface area contributed by atoms with Crippen LogP contribution in [0.15, 0.2) is 42.5 Å². The van der Waals surface area contributed by atoms with Crippen LogP contribution < -0.4 is 5.32 Å². The Morgan fingerprint density at radius 1 is 0.846 bits per heavy atom. The summed E-state index contributed by atoms with van der Waals surface area (Å²) >= 11 is 0. The lowest BCUT2D eigenvalue weighted by Crippen LogP contribution is -2.39. The van der Waals surface area contributed by atoms with Gasteiger partial charge in [0.05, 0.1) is 24.5 Å². The van der Waals surface area contributed by atoms with Crippen molar-refractivity contribution >= 4 is 23.3 Å². The molecule has 2 amide bonds. The molecule has 7 heteroatoms. The zero-order chi connectivity index (χ0) is 18.7. The molecule has 2 aromatic carbocycles. The summed E-state index contributed by atoms with van der Waals surface area (Å²) in [6, 6.07) is 10.7. The average molecular weight is 354 g/mol. The number of hydrogen-bond acceptors (Lipinski definition) is 5. The van der Waals surface area contributed by atoms with Gasteiger partial charge in [-0.2, -0.15) is 0 Å². The molecule has 134 valence electrons. The van der Waals surface area contributed by atoms with Gasteiger partial charge in [0.1, 0.15) is 0 Å². The number of fused-ring (bicyclic) bond motifs is 2. The molecule has 1 aliphatic rings. The number of carbonyl (C=O) groups excluding carboxylic acids is 3. The van der Waals surface area contributed by atoms with Crippen LogP contribution in [0, 0.1) is 0 Å². The Bertz CT molecular complexity index is 872. The Morgan fingerprint density at radius 2 is 1.42 bits per heavy atom. The minimum atomic E-state index is -0.569. The van der Waals surface area contributed by atoms with E-state index in [2.05, 4.69) is 5.32 Å². The molecule has 0 saturated heterocycles. The lowest BCUT2D eigenvalue weighted by Gasteiger charge is -2.24. The highest BCUT2D eigenvalue weighted by molar-refractivity contribution is 6.30. The van der Waals surface area contributed by atoms with Crippen LogP contribution >= 0.6 is 0 Å². The van der Waals surface area contributed by atoms with Crippen LogP contribution in [0.4, 0.5) is 10.5 Å². The number of nitrogens with zero attached hydrogens (tertiary/aromatic N) is 1. The van der Waals surface area contributed by atoms with Crippen molar-refractivity contribution in [3.8, 4) is 0 Å². The van der Waals surface area contributed by atoms with Gasteiger partial charge in [-0.05, 0) is 6.07 Å². The summed E-state index contributed by atoms with van der Waals surface area (Å²) in [6.07, 6.45) is 0. The average Bonchev–Trinajstić information content (AvgIpc) is 2.66. The number of carbonyl (C=O) groups is 3. The standard InChI is InChI=1S/C19H18N2O5/c22-10-8-21(9-11-23)19(26)20-15-7-3-6-14-16(15)18(25)13-5-2-1-4-12(13)17(14)24/h1-7,22-23H,8-11H2,(H,20,26). The summed E-state index contributed by atoms with van der Waals surface area (Å²) in [4.78, 5) is 39.2. The number of rotatable bonds is 5. The van der Waals surface area contributed by atoms with E-state index in [4.69, 9.17) is 10.2 Å². The normalized spacial score (nSPS) is 12.4. The van der Waals surface area contributed by atoms with E-state index in [-0.39, 0.29) is 54.7 Å². The van der Waals surface area contributed by atoms with Crippen molar-refractivity contribution in [1.82, 2.24) is 4.90 Å². The highest BCUT2D eigenvalue weighted by Crippen LogP contribution is 2.32. The largest absolute Gasteiger partial charge is 0.395 e. The van der Waals surface area contributed by atoms with E-state index in [0.29, 0.717) is 11.1 Å². The monoisotopic (exact) mass is 354 g/mol. The Hall–Kier alpha value is -3.03. The molecule has 0 radical (unpaired) electrons. The van der Waals surface area contributed by atoms with Crippen LogP contribution in [0.25, 0.3) is 0 Å². The number of aliphatic hydroxyl groups excluding tert-OH is 2. The van der Waals surface area contributed by atoms with E-state index >= 15 is 0 Å². The SMILES string of the molecule is O=C1c2ccccc2C(=O)c2c(NC(=O)N(CCO)CCO)cccc21. The maximum absolute atomic E-state index is 12.9. The lowest BCUT2D eigenvalue weighted by atomic mass is 9.83. The number of ketones is 2. The molecule has 0 spiro atoms. The van der Waals surface area contributed by atoms with Gasteiger partial charge in [-0.15, -0.1) is 0 Å². The second kappa shape index (κ2) is 7.47. The predicted molar refractivity (Wildman–Crippen MR) is 94.5 cm³/mol. The second-order valence-corrected chi connectivity index (χ2v) is 5.80. The second-order valence-electron chi connectivity index (χ2n) is 5.80. The van der Waals surface area contributed by atoms with Gasteiger partial charge < -0.3 is 20.4 Å². The molecule has 0 unspecified atom stereocenters. The molecule has 0 saturated carbocycles. The topological polar surface area (TPSA) is 107 Å². The Kier molecular flexibility index (Phi) is 5.11. The fourth-order valence-corrected chi connectivity index (χ4v) is 3.00. The molecule has 0 fully saturated rings. The van der Waals surface area contributed by atoms with Crippen LogP contribution in [0.5, 0.6) is 0 Å². The summed E-state index contributed by atoms with van der Waals surface area (Å²) in [5.41, 5.74) is 1.26. The van der Waals surface area contributed by atoms with Gasteiger partial charge in [0, 0.05) is 29.8 Å². The van der Waals surface area contributed by atoms with Crippen molar-refractivity contribution in [2.24, 2.45) is 0 Å². The van der Waals surface area contributed by atoms with Crippen LogP contribution in [0.2, 0.25) is 0 Å². The number of benzene rings is 2. The Morgan fingerprint density at radius 3 is 2.04 bits per heavy atom. The van der Waals surface area contributed by atoms with Gasteiger partial charge >= 0.3 is 6.03 Å². The molecule has 0 aliphatic heterocycles. The van der Waals surface area contributed by atoms with Gasteiger partial charge in [0.2, 0.25) is 0 Å². The van der Waals surface area contributed by atoms with E-state index in [9.17, 15) is 14.4 Å². The van der Waals surface area contributed by atoms with E-state index in [1.165, 1.54) is 4.90 Å². The third-order valence-corrected chi connectivity index (χ3v) is 4.22. The van der Waals surface area contributed by atoms with Crippen molar-refractivity contribution in [2.75, 3.05) is 31.6 Å². The molecule has 0 heterocycles. The van der Waals surface area contributed by atoms with E-state index in [0.717, 1.165) is 0 Å². The molecule has 0 bridgehead atoms. The molecule has 26 heavy (non-hydrogen) atoms. The number of anilines is 1. The highest BCUT2D eigenvalue weighted by Gasteiger charge is 2.31. The summed E-state index contributed by atoms with van der Waals surface area (Å²) in [5.74, 6) is -0.601. The fraction of sp³-hybridized carbons (Fsp3) is 0.211. The van der Waals surface area contributed by atoms with Gasteiger partial charge in [-0.25, -0.2) is 4.79 Å². The van der Waals surface area contributed by atoms with Crippen molar-refractivity contribution in [1.29, 1.82) is 0 Å². The minimum absolute atomic E-state index is 0.0388. The van der Waals surface area contributed by atoms with Gasteiger partial charge in [0.25, 0.3) is 0 Å². The van der Waals surface area contributed by atoms with E-state index < -0.39 is 6.03 Å².